The Morgan fingerprint density at radius 2 is 2.00 bits per heavy atom. The predicted molar refractivity (Wildman–Crippen MR) is 75.0 cm³/mol. The molecule has 1 aromatic heterocycles. The molecule has 2 rings (SSSR count). The Labute approximate surface area is 112 Å². The van der Waals surface area contributed by atoms with E-state index in [9.17, 15) is 4.79 Å². The minimum atomic E-state index is -0.777. The molecule has 0 aliphatic rings. The van der Waals surface area contributed by atoms with Crippen LogP contribution in [0.5, 0.6) is 0 Å². The van der Waals surface area contributed by atoms with Crippen LogP contribution >= 0.6 is 0 Å². The number of carboxylic acid groups (broad SMARTS) is 1. The molecule has 1 N–H and O–H groups in total. The van der Waals surface area contributed by atoms with E-state index in [-0.39, 0.29) is 6.42 Å². The molecule has 0 unspecified atom stereocenters. The van der Waals surface area contributed by atoms with Crippen LogP contribution in [0.3, 0.4) is 0 Å². The monoisotopic (exact) mass is 255 g/mol. The summed E-state index contributed by atoms with van der Waals surface area (Å²) in [7, 11) is 0. The minimum absolute atomic E-state index is 0.145. The van der Waals surface area contributed by atoms with Gasteiger partial charge in [0.15, 0.2) is 0 Å². The number of aryl methyl sites for hydroxylation is 2. The van der Waals surface area contributed by atoms with Crippen molar-refractivity contribution in [1.29, 1.82) is 0 Å². The standard InChI is InChI=1S/C16H17NO2/c1-2-13-5-3-4-6-14(13)15-9-7-12(11-17-15)8-10-16(18)19/h3-7,9,11H,2,8,10H2,1H3,(H,18,19). The third kappa shape index (κ3) is 3.41. The molecule has 1 heterocycles. The van der Waals surface area contributed by atoms with Gasteiger partial charge >= 0.3 is 5.97 Å². The molecule has 0 aliphatic heterocycles. The fourth-order valence-electron chi connectivity index (χ4n) is 2.06. The van der Waals surface area contributed by atoms with E-state index in [0.29, 0.717) is 6.42 Å². The van der Waals surface area contributed by atoms with Crippen molar-refractivity contribution in [3.63, 3.8) is 0 Å². The van der Waals surface area contributed by atoms with Gasteiger partial charge in [0, 0.05) is 18.2 Å². The van der Waals surface area contributed by atoms with Gasteiger partial charge in [0.1, 0.15) is 0 Å². The zero-order valence-corrected chi connectivity index (χ0v) is 11.0. The molecule has 0 aliphatic carbocycles. The highest BCUT2D eigenvalue weighted by Gasteiger charge is 2.05. The van der Waals surface area contributed by atoms with Gasteiger partial charge in [0.25, 0.3) is 0 Å². The van der Waals surface area contributed by atoms with Gasteiger partial charge in [0.05, 0.1) is 5.69 Å². The van der Waals surface area contributed by atoms with Crippen LogP contribution in [0, 0.1) is 0 Å². The van der Waals surface area contributed by atoms with Crippen molar-refractivity contribution in [1.82, 2.24) is 4.98 Å². The molecule has 3 nitrogen and oxygen atoms in total. The summed E-state index contributed by atoms with van der Waals surface area (Å²) >= 11 is 0. The normalized spacial score (nSPS) is 10.4. The van der Waals surface area contributed by atoms with E-state index in [4.69, 9.17) is 5.11 Å². The van der Waals surface area contributed by atoms with Gasteiger partial charge < -0.3 is 5.11 Å². The van der Waals surface area contributed by atoms with Crippen LogP contribution in [0.1, 0.15) is 24.5 Å². The molecule has 98 valence electrons. The zero-order chi connectivity index (χ0) is 13.7. The first-order chi connectivity index (χ1) is 9.20. The number of carboxylic acids is 1. The molecule has 0 saturated heterocycles. The van der Waals surface area contributed by atoms with Crippen LogP contribution in [0.25, 0.3) is 11.3 Å². The molecule has 0 bridgehead atoms. The molecule has 19 heavy (non-hydrogen) atoms. The van der Waals surface area contributed by atoms with Crippen LogP contribution in [0.15, 0.2) is 42.6 Å². The maximum atomic E-state index is 10.5. The number of carbonyl (C=O) groups is 1. The topological polar surface area (TPSA) is 50.2 Å². The van der Waals surface area contributed by atoms with Crippen LogP contribution in [0.2, 0.25) is 0 Å². The van der Waals surface area contributed by atoms with Crippen LogP contribution < -0.4 is 0 Å². The average Bonchev–Trinajstić information content (AvgIpc) is 2.45. The summed E-state index contributed by atoms with van der Waals surface area (Å²) in [4.78, 5) is 15.0. The maximum Gasteiger partial charge on any atom is 0.303 e. The van der Waals surface area contributed by atoms with Gasteiger partial charge in [-0.25, -0.2) is 0 Å². The van der Waals surface area contributed by atoms with Crippen molar-refractivity contribution in [2.75, 3.05) is 0 Å². The van der Waals surface area contributed by atoms with E-state index >= 15 is 0 Å². The summed E-state index contributed by atoms with van der Waals surface area (Å²) in [5.74, 6) is -0.777. The third-order valence-electron chi connectivity index (χ3n) is 3.13. The summed E-state index contributed by atoms with van der Waals surface area (Å²) in [6.45, 7) is 2.13. The summed E-state index contributed by atoms with van der Waals surface area (Å²) in [6, 6.07) is 12.1. The highest BCUT2D eigenvalue weighted by molar-refractivity contribution is 5.67. The van der Waals surface area contributed by atoms with E-state index in [0.717, 1.165) is 23.2 Å². The molecule has 0 saturated carbocycles. The number of pyridine rings is 1. The second-order valence-corrected chi connectivity index (χ2v) is 4.46. The number of benzene rings is 1. The molecule has 0 radical (unpaired) electrons. The zero-order valence-electron chi connectivity index (χ0n) is 11.0. The Morgan fingerprint density at radius 1 is 1.21 bits per heavy atom. The smallest absolute Gasteiger partial charge is 0.303 e. The molecular formula is C16H17NO2. The Kier molecular flexibility index (Phi) is 4.29. The molecule has 0 atom stereocenters. The summed E-state index contributed by atoms with van der Waals surface area (Å²) in [5.41, 5.74) is 4.32. The Hall–Kier alpha value is -2.16. The van der Waals surface area contributed by atoms with Crippen LogP contribution in [0.4, 0.5) is 0 Å². The average molecular weight is 255 g/mol. The van der Waals surface area contributed by atoms with Crippen molar-refractivity contribution >= 4 is 5.97 Å². The highest BCUT2D eigenvalue weighted by Crippen LogP contribution is 2.22. The first-order valence-corrected chi connectivity index (χ1v) is 6.45. The van der Waals surface area contributed by atoms with Gasteiger partial charge in [0.2, 0.25) is 0 Å². The van der Waals surface area contributed by atoms with Crippen molar-refractivity contribution in [2.45, 2.75) is 26.2 Å². The van der Waals surface area contributed by atoms with Gasteiger partial charge in [-0.05, 0) is 30.0 Å². The third-order valence-corrected chi connectivity index (χ3v) is 3.13. The second kappa shape index (κ2) is 6.14. The predicted octanol–water partition coefficient (Wildman–Crippen LogP) is 3.33. The lowest BCUT2D eigenvalue weighted by Gasteiger charge is -2.07. The van der Waals surface area contributed by atoms with Crippen molar-refractivity contribution in [3.05, 3.63) is 53.7 Å². The summed E-state index contributed by atoms with van der Waals surface area (Å²) < 4.78 is 0. The number of rotatable bonds is 5. The first-order valence-electron chi connectivity index (χ1n) is 6.45. The molecule has 0 spiro atoms. The summed E-state index contributed by atoms with van der Waals surface area (Å²) in [5, 5.41) is 8.66. The first kappa shape index (κ1) is 13.3. The van der Waals surface area contributed by atoms with Gasteiger partial charge in [-0.2, -0.15) is 0 Å². The van der Waals surface area contributed by atoms with Crippen LogP contribution in [-0.2, 0) is 17.6 Å². The van der Waals surface area contributed by atoms with Crippen LogP contribution in [-0.4, -0.2) is 16.1 Å². The molecule has 2 aromatic rings. The number of aliphatic carboxylic acids is 1. The fourth-order valence-corrected chi connectivity index (χ4v) is 2.06. The van der Waals surface area contributed by atoms with E-state index in [1.165, 1.54) is 5.56 Å². The molecule has 0 amide bonds. The lowest BCUT2D eigenvalue weighted by Crippen LogP contribution is -1.98. The number of aromatic nitrogens is 1. The van der Waals surface area contributed by atoms with Crippen molar-refractivity contribution in [3.8, 4) is 11.3 Å². The quantitative estimate of drug-likeness (QED) is 0.891. The Balaban J connectivity index is 2.20. The van der Waals surface area contributed by atoms with Gasteiger partial charge in [-0.1, -0.05) is 37.3 Å². The lowest BCUT2D eigenvalue weighted by molar-refractivity contribution is -0.136. The van der Waals surface area contributed by atoms with E-state index in [1.54, 1.807) is 6.20 Å². The second-order valence-electron chi connectivity index (χ2n) is 4.46. The maximum absolute atomic E-state index is 10.5. The van der Waals surface area contributed by atoms with Crippen molar-refractivity contribution < 1.29 is 9.90 Å². The van der Waals surface area contributed by atoms with Gasteiger partial charge in [-0.3, -0.25) is 9.78 Å². The SMILES string of the molecule is CCc1ccccc1-c1ccc(CCC(=O)O)cn1. The molecule has 3 heteroatoms. The molecule has 1 aromatic carbocycles. The largest absolute Gasteiger partial charge is 0.481 e. The van der Waals surface area contributed by atoms with Gasteiger partial charge in [-0.15, -0.1) is 0 Å². The lowest BCUT2D eigenvalue weighted by atomic mass is 10.0. The fraction of sp³-hybridized carbons (Fsp3) is 0.250. The number of hydrogen-bond acceptors (Lipinski definition) is 2. The van der Waals surface area contributed by atoms with E-state index in [1.807, 2.05) is 24.3 Å². The Bertz CT molecular complexity index is 561. The van der Waals surface area contributed by atoms with E-state index in [2.05, 4.69) is 24.0 Å². The Morgan fingerprint density at radius 3 is 2.63 bits per heavy atom. The summed E-state index contributed by atoms with van der Waals surface area (Å²) in [6.07, 6.45) is 3.41. The molecular weight excluding hydrogens is 238 g/mol. The number of nitrogens with zero attached hydrogens (tertiary/aromatic N) is 1. The molecule has 0 fully saturated rings. The minimum Gasteiger partial charge on any atom is -0.481 e. The number of hydrogen-bond donors (Lipinski definition) is 1. The highest BCUT2D eigenvalue weighted by atomic mass is 16.4. The van der Waals surface area contributed by atoms with Crippen molar-refractivity contribution in [2.24, 2.45) is 0 Å². The van der Waals surface area contributed by atoms with E-state index < -0.39 is 5.97 Å².